The second-order valence-corrected chi connectivity index (χ2v) is 4.83. The highest BCUT2D eigenvalue weighted by Crippen LogP contribution is 2.10. The third-order valence-electron chi connectivity index (χ3n) is 2.79. The predicted molar refractivity (Wildman–Crippen MR) is 76.8 cm³/mol. The molecule has 0 saturated carbocycles. The number of ketones is 1. The van der Waals surface area contributed by atoms with E-state index in [1.54, 1.807) is 24.3 Å². The lowest BCUT2D eigenvalue weighted by atomic mass is 10.1. The van der Waals surface area contributed by atoms with Crippen LogP contribution >= 0.6 is 11.6 Å². The van der Waals surface area contributed by atoms with E-state index in [-0.39, 0.29) is 18.8 Å². The Morgan fingerprint density at radius 3 is 2.24 bits per heavy atom. The number of halogens is 2. The molecule has 0 heterocycles. The number of hydrogen-bond donors (Lipinski definition) is 0. The Morgan fingerprint density at radius 1 is 1.00 bits per heavy atom. The summed E-state index contributed by atoms with van der Waals surface area (Å²) in [6, 6.07) is 11.8. The lowest BCUT2D eigenvalue weighted by molar-refractivity contribution is -0.141. The summed E-state index contributed by atoms with van der Waals surface area (Å²) in [5.41, 5.74) is 1.05. The van der Waals surface area contributed by atoms with Crippen molar-refractivity contribution in [1.82, 2.24) is 0 Å². The molecule has 2 aromatic carbocycles. The molecule has 0 fully saturated rings. The highest BCUT2D eigenvalue weighted by molar-refractivity contribution is 6.30. The molecule has 0 radical (unpaired) electrons. The van der Waals surface area contributed by atoms with Crippen LogP contribution in [-0.4, -0.2) is 18.4 Å². The van der Waals surface area contributed by atoms with Gasteiger partial charge in [-0.3, -0.25) is 9.59 Å². The maximum atomic E-state index is 12.7. The monoisotopic (exact) mass is 306 g/mol. The van der Waals surface area contributed by atoms with Crippen molar-refractivity contribution in [2.75, 3.05) is 6.61 Å². The van der Waals surface area contributed by atoms with Crippen LogP contribution in [0, 0.1) is 5.82 Å². The van der Waals surface area contributed by atoms with Gasteiger partial charge in [-0.1, -0.05) is 23.7 Å². The first-order valence-electron chi connectivity index (χ1n) is 6.23. The van der Waals surface area contributed by atoms with Gasteiger partial charge in [-0.05, 0) is 42.0 Å². The number of ether oxygens (including phenoxy) is 1. The average Bonchev–Trinajstić information content (AvgIpc) is 2.48. The Hall–Kier alpha value is -2.20. The second kappa shape index (κ2) is 6.99. The highest BCUT2D eigenvalue weighted by atomic mass is 35.5. The lowest BCUT2D eigenvalue weighted by Gasteiger charge is -2.05. The number of hydrogen-bond acceptors (Lipinski definition) is 3. The molecule has 0 saturated heterocycles. The highest BCUT2D eigenvalue weighted by Gasteiger charge is 2.10. The Labute approximate surface area is 126 Å². The van der Waals surface area contributed by atoms with E-state index < -0.39 is 11.8 Å². The molecule has 0 atom stereocenters. The fourth-order valence-corrected chi connectivity index (χ4v) is 1.81. The Bertz CT molecular complexity index is 636. The third-order valence-corrected chi connectivity index (χ3v) is 3.04. The van der Waals surface area contributed by atoms with Gasteiger partial charge in [0.1, 0.15) is 5.82 Å². The molecule has 0 aromatic heterocycles. The van der Waals surface area contributed by atoms with Crippen molar-refractivity contribution < 1.29 is 18.7 Å². The molecular weight excluding hydrogens is 295 g/mol. The lowest BCUT2D eigenvalue weighted by Crippen LogP contribution is -2.15. The van der Waals surface area contributed by atoms with Crippen molar-refractivity contribution in [3.63, 3.8) is 0 Å². The molecule has 2 rings (SSSR count). The van der Waals surface area contributed by atoms with Gasteiger partial charge in [-0.25, -0.2) is 4.39 Å². The minimum absolute atomic E-state index is 0.0634. The number of carbonyl (C=O) groups is 2. The molecule has 3 nitrogen and oxygen atoms in total. The topological polar surface area (TPSA) is 43.4 Å². The molecular formula is C16H12ClFO3. The van der Waals surface area contributed by atoms with Gasteiger partial charge in [0.2, 0.25) is 0 Å². The summed E-state index contributed by atoms with van der Waals surface area (Å²) in [6.07, 6.45) is 0.0634. The molecule has 0 aliphatic carbocycles. The van der Waals surface area contributed by atoms with Crippen LogP contribution in [0.4, 0.5) is 4.39 Å². The van der Waals surface area contributed by atoms with Gasteiger partial charge in [0.05, 0.1) is 6.42 Å². The molecule has 5 heteroatoms. The second-order valence-electron chi connectivity index (χ2n) is 4.39. The van der Waals surface area contributed by atoms with Crippen LogP contribution in [0.25, 0.3) is 0 Å². The number of esters is 1. The molecule has 0 N–H and O–H groups in total. The minimum atomic E-state index is -0.507. The normalized spacial score (nSPS) is 10.2. The van der Waals surface area contributed by atoms with Gasteiger partial charge < -0.3 is 4.74 Å². The predicted octanol–water partition coefficient (Wildman–Crippen LogP) is 3.45. The number of benzene rings is 2. The first-order chi connectivity index (χ1) is 10.0. The van der Waals surface area contributed by atoms with Crippen molar-refractivity contribution in [1.29, 1.82) is 0 Å². The first-order valence-corrected chi connectivity index (χ1v) is 6.61. The summed E-state index contributed by atoms with van der Waals surface area (Å²) >= 11 is 5.74. The molecule has 0 spiro atoms. The van der Waals surface area contributed by atoms with Crippen LogP contribution < -0.4 is 0 Å². The standard InChI is InChI=1S/C16H12ClFO3/c17-13-5-1-11(2-6-13)9-16(20)21-10-15(19)12-3-7-14(18)8-4-12/h1-8H,9-10H2. The van der Waals surface area contributed by atoms with Crippen molar-refractivity contribution >= 4 is 23.4 Å². The Morgan fingerprint density at radius 2 is 1.62 bits per heavy atom. The fourth-order valence-electron chi connectivity index (χ4n) is 1.69. The van der Waals surface area contributed by atoms with Crippen LogP contribution in [0.2, 0.25) is 5.02 Å². The van der Waals surface area contributed by atoms with Gasteiger partial charge in [0, 0.05) is 10.6 Å². The van der Waals surface area contributed by atoms with Crippen molar-refractivity contribution in [2.45, 2.75) is 6.42 Å². The minimum Gasteiger partial charge on any atom is -0.457 e. The van der Waals surface area contributed by atoms with E-state index in [1.807, 2.05) is 0 Å². The third kappa shape index (κ3) is 4.68. The summed E-state index contributed by atoms with van der Waals surface area (Å²) in [5.74, 6) is -1.31. The maximum Gasteiger partial charge on any atom is 0.310 e. The SMILES string of the molecule is O=C(Cc1ccc(Cl)cc1)OCC(=O)c1ccc(F)cc1. The molecule has 0 unspecified atom stereocenters. The van der Waals surface area contributed by atoms with E-state index in [1.165, 1.54) is 24.3 Å². The van der Waals surface area contributed by atoms with E-state index in [4.69, 9.17) is 16.3 Å². The van der Waals surface area contributed by atoms with E-state index in [9.17, 15) is 14.0 Å². The molecule has 0 amide bonds. The fraction of sp³-hybridized carbons (Fsp3) is 0.125. The first kappa shape index (κ1) is 15.2. The van der Waals surface area contributed by atoms with Crippen molar-refractivity contribution in [2.24, 2.45) is 0 Å². The Kier molecular flexibility index (Phi) is 5.06. The van der Waals surface area contributed by atoms with Crippen LogP contribution in [0.3, 0.4) is 0 Å². The number of rotatable bonds is 5. The van der Waals surface area contributed by atoms with Gasteiger partial charge in [-0.2, -0.15) is 0 Å². The zero-order chi connectivity index (χ0) is 15.2. The summed E-state index contributed by atoms with van der Waals surface area (Å²) in [7, 11) is 0. The summed E-state index contributed by atoms with van der Waals surface area (Å²) in [4.78, 5) is 23.4. The quantitative estimate of drug-likeness (QED) is 0.628. The zero-order valence-electron chi connectivity index (χ0n) is 11.0. The molecule has 0 bridgehead atoms. The van der Waals surface area contributed by atoms with Gasteiger partial charge >= 0.3 is 5.97 Å². The summed E-state index contributed by atoms with van der Waals surface area (Å²) in [6.45, 7) is -0.363. The van der Waals surface area contributed by atoms with Gasteiger partial charge in [0.15, 0.2) is 12.4 Å². The zero-order valence-corrected chi connectivity index (χ0v) is 11.8. The van der Waals surface area contributed by atoms with Gasteiger partial charge in [-0.15, -0.1) is 0 Å². The van der Waals surface area contributed by atoms with Crippen LogP contribution in [0.5, 0.6) is 0 Å². The molecule has 0 aliphatic heterocycles. The number of carbonyl (C=O) groups excluding carboxylic acids is 2. The van der Waals surface area contributed by atoms with Crippen LogP contribution in [-0.2, 0) is 16.0 Å². The Balaban J connectivity index is 1.84. The molecule has 21 heavy (non-hydrogen) atoms. The smallest absolute Gasteiger partial charge is 0.310 e. The van der Waals surface area contributed by atoms with Crippen LogP contribution in [0.1, 0.15) is 15.9 Å². The van der Waals surface area contributed by atoms with Crippen molar-refractivity contribution in [3.05, 3.63) is 70.5 Å². The van der Waals surface area contributed by atoms with E-state index in [0.717, 1.165) is 5.56 Å². The van der Waals surface area contributed by atoms with E-state index in [2.05, 4.69) is 0 Å². The van der Waals surface area contributed by atoms with Crippen LogP contribution in [0.15, 0.2) is 48.5 Å². The van der Waals surface area contributed by atoms with Crippen molar-refractivity contribution in [3.8, 4) is 0 Å². The molecule has 108 valence electrons. The number of Topliss-reactive ketones (excluding diaryl/α,β-unsaturated/α-hetero) is 1. The maximum absolute atomic E-state index is 12.7. The average molecular weight is 307 g/mol. The largest absolute Gasteiger partial charge is 0.457 e. The van der Waals surface area contributed by atoms with E-state index >= 15 is 0 Å². The summed E-state index contributed by atoms with van der Waals surface area (Å²) < 4.78 is 17.6. The van der Waals surface area contributed by atoms with E-state index in [0.29, 0.717) is 10.6 Å². The molecule has 2 aromatic rings. The molecule has 0 aliphatic rings. The summed E-state index contributed by atoms with van der Waals surface area (Å²) in [5, 5.41) is 0.582. The van der Waals surface area contributed by atoms with Gasteiger partial charge in [0.25, 0.3) is 0 Å².